The molecule has 0 radical (unpaired) electrons. The van der Waals surface area contributed by atoms with Gasteiger partial charge in [0, 0.05) is 36.4 Å². The van der Waals surface area contributed by atoms with Crippen molar-refractivity contribution in [1.82, 2.24) is 5.32 Å². The Bertz CT molecular complexity index is 975. The quantitative estimate of drug-likeness (QED) is 0.769. The molecule has 0 unspecified atom stereocenters. The van der Waals surface area contributed by atoms with E-state index in [2.05, 4.69) is 17.4 Å². The van der Waals surface area contributed by atoms with E-state index in [1.165, 1.54) is 6.92 Å². The van der Waals surface area contributed by atoms with Crippen LogP contribution in [-0.4, -0.2) is 32.0 Å². The lowest BCUT2D eigenvalue weighted by atomic mass is 9.95. The van der Waals surface area contributed by atoms with Crippen molar-refractivity contribution in [2.24, 2.45) is 5.41 Å². The highest BCUT2D eigenvalue weighted by atomic mass is 16.5. The monoisotopic (exact) mass is 393 g/mol. The molecule has 1 N–H and O–H groups in total. The van der Waals surface area contributed by atoms with Crippen LogP contribution in [0.15, 0.2) is 30.3 Å². The highest BCUT2D eigenvalue weighted by molar-refractivity contribution is 6.02. The standard InChI is InChI=1S/C24H27NO4/c1-15-7-8-20(17-5-4-6-19-18(17)9-10-21(19)27)23(22(15)28-3)29-14-24(11-12-24)13-25-16(2)26/h4-8H,9-14H2,1-3H3,(H,25,26). The molecule has 0 spiro atoms. The van der Waals surface area contributed by atoms with Crippen molar-refractivity contribution < 1.29 is 19.1 Å². The van der Waals surface area contributed by atoms with Crippen LogP contribution in [0.2, 0.25) is 0 Å². The number of ether oxygens (including phenoxy) is 2. The van der Waals surface area contributed by atoms with Gasteiger partial charge in [0.1, 0.15) is 0 Å². The van der Waals surface area contributed by atoms with Crippen LogP contribution in [0.3, 0.4) is 0 Å². The molecule has 5 heteroatoms. The molecule has 1 fully saturated rings. The number of rotatable bonds is 7. The van der Waals surface area contributed by atoms with Gasteiger partial charge in [-0.05, 0) is 42.9 Å². The maximum absolute atomic E-state index is 12.2. The number of ketones is 1. The third-order valence-electron chi connectivity index (χ3n) is 6.07. The number of fused-ring (bicyclic) bond motifs is 1. The summed E-state index contributed by atoms with van der Waals surface area (Å²) in [6.45, 7) is 4.68. The number of benzene rings is 2. The van der Waals surface area contributed by atoms with Crippen molar-refractivity contribution in [2.75, 3.05) is 20.3 Å². The van der Waals surface area contributed by atoms with Crippen molar-refractivity contribution in [3.8, 4) is 22.6 Å². The van der Waals surface area contributed by atoms with Crippen molar-refractivity contribution >= 4 is 11.7 Å². The summed E-state index contributed by atoms with van der Waals surface area (Å²) in [5, 5.41) is 2.92. The number of carbonyl (C=O) groups excluding carboxylic acids is 2. The van der Waals surface area contributed by atoms with Crippen molar-refractivity contribution in [1.29, 1.82) is 0 Å². The Morgan fingerprint density at radius 1 is 1.07 bits per heavy atom. The van der Waals surface area contributed by atoms with Gasteiger partial charge in [-0.1, -0.05) is 30.3 Å². The summed E-state index contributed by atoms with van der Waals surface area (Å²) in [5.41, 5.74) is 4.89. The molecule has 0 heterocycles. The Kier molecular flexibility index (Phi) is 5.07. The van der Waals surface area contributed by atoms with E-state index in [1.54, 1.807) is 7.11 Å². The third kappa shape index (κ3) is 3.74. The molecule has 2 aromatic rings. The zero-order chi connectivity index (χ0) is 20.6. The minimum Gasteiger partial charge on any atom is -0.493 e. The average molecular weight is 393 g/mol. The first-order valence-corrected chi connectivity index (χ1v) is 10.1. The summed E-state index contributed by atoms with van der Waals surface area (Å²) in [6.07, 6.45) is 3.38. The number of nitrogens with one attached hydrogen (secondary N) is 1. The molecular weight excluding hydrogens is 366 g/mol. The average Bonchev–Trinajstić information content (AvgIpc) is 3.39. The van der Waals surface area contributed by atoms with E-state index in [4.69, 9.17) is 9.47 Å². The van der Waals surface area contributed by atoms with Crippen LogP contribution in [0.4, 0.5) is 0 Å². The van der Waals surface area contributed by atoms with E-state index in [-0.39, 0.29) is 17.1 Å². The molecule has 5 nitrogen and oxygen atoms in total. The lowest BCUT2D eigenvalue weighted by Gasteiger charge is -2.22. The number of methoxy groups -OCH3 is 1. The lowest BCUT2D eigenvalue weighted by Crippen LogP contribution is -2.31. The summed E-state index contributed by atoms with van der Waals surface area (Å²) in [7, 11) is 1.65. The Balaban J connectivity index is 1.70. The van der Waals surface area contributed by atoms with Crippen molar-refractivity contribution in [3.63, 3.8) is 0 Å². The molecule has 0 bridgehead atoms. The number of hydrogen-bond donors (Lipinski definition) is 1. The van der Waals surface area contributed by atoms with Crippen LogP contribution in [0.1, 0.15) is 47.7 Å². The van der Waals surface area contributed by atoms with Crippen LogP contribution < -0.4 is 14.8 Å². The molecule has 0 saturated heterocycles. The van der Waals surface area contributed by atoms with E-state index >= 15 is 0 Å². The second-order valence-corrected chi connectivity index (χ2v) is 8.25. The second kappa shape index (κ2) is 7.54. The molecule has 152 valence electrons. The van der Waals surface area contributed by atoms with Crippen molar-refractivity contribution in [2.45, 2.75) is 39.5 Å². The van der Waals surface area contributed by atoms with E-state index in [0.717, 1.165) is 52.8 Å². The minimum atomic E-state index is -0.0189. The largest absolute Gasteiger partial charge is 0.493 e. The van der Waals surface area contributed by atoms with E-state index < -0.39 is 0 Å². The van der Waals surface area contributed by atoms with Gasteiger partial charge in [-0.2, -0.15) is 0 Å². The second-order valence-electron chi connectivity index (χ2n) is 8.25. The first-order chi connectivity index (χ1) is 13.9. The molecule has 0 atom stereocenters. The molecule has 29 heavy (non-hydrogen) atoms. The highest BCUT2D eigenvalue weighted by Crippen LogP contribution is 2.48. The predicted molar refractivity (Wildman–Crippen MR) is 112 cm³/mol. The number of carbonyl (C=O) groups is 2. The first-order valence-electron chi connectivity index (χ1n) is 10.1. The van der Waals surface area contributed by atoms with E-state index in [0.29, 0.717) is 25.3 Å². The summed E-state index contributed by atoms with van der Waals surface area (Å²) >= 11 is 0. The molecule has 2 aromatic carbocycles. The van der Waals surface area contributed by atoms with Crippen LogP contribution >= 0.6 is 0 Å². The zero-order valence-corrected chi connectivity index (χ0v) is 17.3. The summed E-state index contributed by atoms with van der Waals surface area (Å²) < 4.78 is 12.1. The summed E-state index contributed by atoms with van der Waals surface area (Å²) in [5.74, 6) is 1.62. The van der Waals surface area contributed by atoms with Gasteiger partial charge in [-0.3, -0.25) is 9.59 Å². The minimum absolute atomic E-state index is 0.00764. The molecule has 0 aromatic heterocycles. The molecule has 1 amide bonds. The van der Waals surface area contributed by atoms with Gasteiger partial charge in [-0.25, -0.2) is 0 Å². The molecule has 2 aliphatic carbocycles. The molecule has 0 aliphatic heterocycles. The van der Waals surface area contributed by atoms with Gasteiger partial charge in [0.2, 0.25) is 5.91 Å². The van der Waals surface area contributed by atoms with Gasteiger partial charge in [-0.15, -0.1) is 0 Å². The van der Waals surface area contributed by atoms with Gasteiger partial charge in [0.25, 0.3) is 0 Å². The maximum atomic E-state index is 12.2. The van der Waals surface area contributed by atoms with Gasteiger partial charge >= 0.3 is 0 Å². The Morgan fingerprint density at radius 3 is 2.52 bits per heavy atom. The van der Waals surface area contributed by atoms with Gasteiger partial charge < -0.3 is 14.8 Å². The van der Waals surface area contributed by atoms with Crippen LogP contribution in [-0.2, 0) is 11.2 Å². The van der Waals surface area contributed by atoms with Crippen LogP contribution in [0.5, 0.6) is 11.5 Å². The Labute approximate surface area is 171 Å². The highest BCUT2D eigenvalue weighted by Gasteiger charge is 2.44. The molecular formula is C24H27NO4. The first kappa shape index (κ1) is 19.5. The number of aryl methyl sites for hydroxylation is 1. The summed E-state index contributed by atoms with van der Waals surface area (Å²) in [6, 6.07) is 9.98. The predicted octanol–water partition coefficient (Wildman–Crippen LogP) is 4.09. The molecule has 4 rings (SSSR count). The fraction of sp³-hybridized carbons (Fsp3) is 0.417. The smallest absolute Gasteiger partial charge is 0.216 e. The molecule has 1 saturated carbocycles. The number of hydrogen-bond acceptors (Lipinski definition) is 4. The number of amides is 1. The molecule has 2 aliphatic rings. The van der Waals surface area contributed by atoms with Crippen LogP contribution in [0.25, 0.3) is 11.1 Å². The fourth-order valence-electron chi connectivity index (χ4n) is 4.10. The van der Waals surface area contributed by atoms with Crippen molar-refractivity contribution in [3.05, 3.63) is 47.0 Å². The SMILES string of the molecule is COc1c(C)ccc(-c2cccc3c2CCC3=O)c1OCC1(CNC(C)=O)CC1. The number of Topliss-reactive ketones (excluding diaryl/α,β-unsaturated/α-hetero) is 1. The van der Waals surface area contributed by atoms with Crippen LogP contribution in [0, 0.1) is 12.3 Å². The lowest BCUT2D eigenvalue weighted by molar-refractivity contribution is -0.119. The Hall–Kier alpha value is -2.82. The van der Waals surface area contributed by atoms with Gasteiger partial charge in [0.15, 0.2) is 17.3 Å². The van der Waals surface area contributed by atoms with E-state index in [9.17, 15) is 9.59 Å². The van der Waals surface area contributed by atoms with Gasteiger partial charge in [0.05, 0.1) is 13.7 Å². The van der Waals surface area contributed by atoms with E-state index in [1.807, 2.05) is 25.1 Å². The third-order valence-corrected chi connectivity index (χ3v) is 6.07. The topological polar surface area (TPSA) is 64.6 Å². The fourth-order valence-corrected chi connectivity index (χ4v) is 4.10. The summed E-state index contributed by atoms with van der Waals surface area (Å²) in [4.78, 5) is 23.5. The maximum Gasteiger partial charge on any atom is 0.216 e. The normalized spacial score (nSPS) is 16.3. The Morgan fingerprint density at radius 2 is 1.83 bits per heavy atom. The zero-order valence-electron chi connectivity index (χ0n) is 17.3.